The van der Waals surface area contributed by atoms with E-state index in [9.17, 15) is 0 Å². The average molecular weight is 244 g/mol. The Labute approximate surface area is 105 Å². The van der Waals surface area contributed by atoms with Gasteiger partial charge in [-0.25, -0.2) is 0 Å². The second-order valence-corrected chi connectivity index (χ2v) is 4.59. The van der Waals surface area contributed by atoms with Crippen LogP contribution in [-0.2, 0) is 4.74 Å². The third kappa shape index (κ3) is 4.66. The van der Waals surface area contributed by atoms with Crippen LogP contribution in [0.4, 0.5) is 0 Å². The summed E-state index contributed by atoms with van der Waals surface area (Å²) in [6.45, 7) is 7.53. The Hall–Kier alpha value is -0.350. The van der Waals surface area contributed by atoms with E-state index in [2.05, 4.69) is 17.1 Å². The van der Waals surface area contributed by atoms with Crippen molar-refractivity contribution in [2.45, 2.75) is 45.6 Å². The number of nitrogens with zero attached hydrogens (tertiary/aromatic N) is 1. The summed E-state index contributed by atoms with van der Waals surface area (Å²) in [6, 6.07) is 0.605. The fourth-order valence-corrected chi connectivity index (χ4v) is 2.45. The first kappa shape index (κ1) is 13.7. The maximum absolute atomic E-state index is 5.42. The van der Waals surface area contributed by atoms with Gasteiger partial charge in [-0.1, -0.05) is 12.8 Å². The summed E-state index contributed by atoms with van der Waals surface area (Å²) in [4.78, 5) is 2.18. The molecule has 0 aromatic carbocycles. The zero-order valence-corrected chi connectivity index (χ0v) is 11.3. The van der Waals surface area contributed by atoms with Crippen LogP contribution in [0.5, 0.6) is 0 Å². The second kappa shape index (κ2) is 7.85. The molecule has 0 heterocycles. The van der Waals surface area contributed by atoms with Gasteiger partial charge < -0.3 is 15.0 Å². The lowest BCUT2D eigenvalue weighted by Gasteiger charge is -2.26. The Morgan fingerprint density at radius 3 is 2.62 bits per heavy atom. The highest BCUT2D eigenvalue weighted by molar-refractivity contribution is 7.80. The van der Waals surface area contributed by atoms with Gasteiger partial charge >= 0.3 is 0 Å². The monoisotopic (exact) mass is 244 g/mol. The van der Waals surface area contributed by atoms with Gasteiger partial charge in [-0.15, -0.1) is 0 Å². The van der Waals surface area contributed by atoms with Gasteiger partial charge in [0.05, 0.1) is 6.61 Å². The van der Waals surface area contributed by atoms with Crippen molar-refractivity contribution in [1.82, 2.24) is 10.2 Å². The summed E-state index contributed by atoms with van der Waals surface area (Å²) in [5.74, 6) is 0. The van der Waals surface area contributed by atoms with E-state index in [0.717, 1.165) is 31.4 Å². The summed E-state index contributed by atoms with van der Waals surface area (Å²) < 4.78 is 5.36. The number of hydrogen-bond donors (Lipinski definition) is 1. The van der Waals surface area contributed by atoms with Gasteiger partial charge in [-0.2, -0.15) is 0 Å². The molecule has 0 unspecified atom stereocenters. The predicted molar refractivity (Wildman–Crippen MR) is 71.7 cm³/mol. The van der Waals surface area contributed by atoms with E-state index < -0.39 is 0 Å². The molecule has 1 aliphatic carbocycles. The average Bonchev–Trinajstić information content (AvgIpc) is 2.77. The molecule has 16 heavy (non-hydrogen) atoms. The first-order valence-electron chi connectivity index (χ1n) is 6.41. The first-order chi connectivity index (χ1) is 7.77. The minimum absolute atomic E-state index is 0.605. The number of likely N-dealkylation sites (N-methyl/N-ethyl adjacent to an activating group) is 1. The molecule has 0 atom stereocenters. The third-order valence-corrected chi connectivity index (χ3v) is 3.44. The zero-order chi connectivity index (χ0) is 11.8. The van der Waals surface area contributed by atoms with E-state index in [-0.39, 0.29) is 0 Å². The molecule has 94 valence electrons. The largest absolute Gasteiger partial charge is 0.380 e. The number of thiocarbonyl (C=S) groups is 1. The van der Waals surface area contributed by atoms with Crippen LogP contribution in [0.3, 0.4) is 0 Å². The lowest BCUT2D eigenvalue weighted by Crippen LogP contribution is -2.45. The van der Waals surface area contributed by atoms with Crippen molar-refractivity contribution in [2.24, 2.45) is 0 Å². The molecule has 0 aliphatic heterocycles. The Morgan fingerprint density at radius 1 is 1.38 bits per heavy atom. The lowest BCUT2D eigenvalue weighted by molar-refractivity contribution is 0.133. The molecule has 1 aliphatic rings. The van der Waals surface area contributed by atoms with E-state index in [1.165, 1.54) is 25.7 Å². The number of ether oxygens (including phenoxy) is 1. The van der Waals surface area contributed by atoms with E-state index in [0.29, 0.717) is 6.04 Å². The number of nitrogens with one attached hydrogen (secondary N) is 1. The van der Waals surface area contributed by atoms with Gasteiger partial charge in [0, 0.05) is 25.7 Å². The molecule has 0 aromatic heterocycles. The number of hydrogen-bond acceptors (Lipinski definition) is 2. The maximum Gasteiger partial charge on any atom is 0.169 e. The van der Waals surface area contributed by atoms with Crippen LogP contribution in [-0.4, -0.2) is 42.4 Å². The van der Waals surface area contributed by atoms with Crippen molar-refractivity contribution >= 4 is 17.3 Å². The Kier molecular flexibility index (Phi) is 6.73. The standard InChI is InChI=1S/C12H24N2OS/c1-3-14(9-10-15-4-2)12(16)13-11-7-5-6-8-11/h11H,3-10H2,1-2H3,(H,13,16). The quantitative estimate of drug-likeness (QED) is 0.572. The highest BCUT2D eigenvalue weighted by atomic mass is 32.1. The highest BCUT2D eigenvalue weighted by Crippen LogP contribution is 2.17. The summed E-state index contributed by atoms with van der Waals surface area (Å²) in [5.41, 5.74) is 0. The lowest BCUT2D eigenvalue weighted by atomic mass is 10.2. The van der Waals surface area contributed by atoms with Gasteiger partial charge in [0.2, 0.25) is 0 Å². The molecule has 1 N–H and O–H groups in total. The van der Waals surface area contributed by atoms with Crippen LogP contribution in [0.1, 0.15) is 39.5 Å². The van der Waals surface area contributed by atoms with Crippen LogP contribution in [0, 0.1) is 0 Å². The van der Waals surface area contributed by atoms with E-state index in [4.69, 9.17) is 17.0 Å². The Morgan fingerprint density at radius 2 is 2.06 bits per heavy atom. The molecule has 0 radical (unpaired) electrons. The topological polar surface area (TPSA) is 24.5 Å². The van der Waals surface area contributed by atoms with Gasteiger partial charge in [-0.05, 0) is 38.9 Å². The molecule has 0 spiro atoms. The summed E-state index contributed by atoms with van der Waals surface area (Å²) in [7, 11) is 0. The smallest absolute Gasteiger partial charge is 0.169 e. The fourth-order valence-electron chi connectivity index (χ4n) is 2.06. The van der Waals surface area contributed by atoms with Gasteiger partial charge in [0.1, 0.15) is 0 Å². The SMILES string of the molecule is CCOCCN(CC)C(=S)NC1CCCC1. The molecule has 1 saturated carbocycles. The summed E-state index contributed by atoms with van der Waals surface area (Å²) in [6.07, 6.45) is 5.21. The van der Waals surface area contributed by atoms with Crippen molar-refractivity contribution in [3.05, 3.63) is 0 Å². The molecule has 3 nitrogen and oxygen atoms in total. The highest BCUT2D eigenvalue weighted by Gasteiger charge is 2.17. The third-order valence-electron chi connectivity index (χ3n) is 3.06. The van der Waals surface area contributed by atoms with Crippen molar-refractivity contribution < 1.29 is 4.74 Å². The molecule has 0 amide bonds. The van der Waals surface area contributed by atoms with Crippen molar-refractivity contribution in [3.8, 4) is 0 Å². The maximum atomic E-state index is 5.42. The Bertz CT molecular complexity index is 205. The van der Waals surface area contributed by atoms with Crippen LogP contribution >= 0.6 is 12.2 Å². The van der Waals surface area contributed by atoms with Crippen LogP contribution in [0.15, 0.2) is 0 Å². The van der Waals surface area contributed by atoms with Crippen LogP contribution < -0.4 is 5.32 Å². The molecule has 0 saturated heterocycles. The van der Waals surface area contributed by atoms with Gasteiger partial charge in [-0.3, -0.25) is 0 Å². The summed E-state index contributed by atoms with van der Waals surface area (Å²) in [5, 5.41) is 4.36. The molecule has 1 fully saturated rings. The molecule has 1 rings (SSSR count). The zero-order valence-electron chi connectivity index (χ0n) is 10.5. The molecular weight excluding hydrogens is 220 g/mol. The molecular formula is C12H24N2OS. The fraction of sp³-hybridized carbons (Fsp3) is 0.917. The minimum atomic E-state index is 0.605. The Balaban J connectivity index is 2.24. The molecule has 0 bridgehead atoms. The van der Waals surface area contributed by atoms with Gasteiger partial charge in [0.25, 0.3) is 0 Å². The minimum Gasteiger partial charge on any atom is -0.380 e. The van der Waals surface area contributed by atoms with E-state index in [1.54, 1.807) is 0 Å². The van der Waals surface area contributed by atoms with E-state index >= 15 is 0 Å². The second-order valence-electron chi connectivity index (χ2n) is 4.21. The van der Waals surface area contributed by atoms with Gasteiger partial charge in [0.15, 0.2) is 5.11 Å². The predicted octanol–water partition coefficient (Wildman–Crippen LogP) is 2.16. The van der Waals surface area contributed by atoms with Crippen molar-refractivity contribution in [2.75, 3.05) is 26.3 Å². The van der Waals surface area contributed by atoms with Crippen LogP contribution in [0.25, 0.3) is 0 Å². The van der Waals surface area contributed by atoms with Crippen molar-refractivity contribution in [1.29, 1.82) is 0 Å². The number of rotatable bonds is 6. The van der Waals surface area contributed by atoms with Crippen LogP contribution in [0.2, 0.25) is 0 Å². The normalized spacial score (nSPS) is 16.4. The first-order valence-corrected chi connectivity index (χ1v) is 6.82. The molecule has 4 heteroatoms. The van der Waals surface area contributed by atoms with E-state index in [1.807, 2.05) is 6.92 Å². The molecule has 0 aromatic rings. The van der Waals surface area contributed by atoms with Crippen molar-refractivity contribution in [3.63, 3.8) is 0 Å². The summed E-state index contributed by atoms with van der Waals surface area (Å²) >= 11 is 5.42.